The van der Waals surface area contributed by atoms with Crippen LogP contribution in [-0.2, 0) is 4.79 Å². The van der Waals surface area contributed by atoms with Gasteiger partial charge in [0.25, 0.3) is 0 Å². The van der Waals surface area contributed by atoms with E-state index in [9.17, 15) is 4.79 Å². The van der Waals surface area contributed by atoms with Crippen molar-refractivity contribution in [3.8, 4) is 11.5 Å². The van der Waals surface area contributed by atoms with Crippen LogP contribution in [0.1, 0.15) is 18.4 Å². The van der Waals surface area contributed by atoms with Crippen LogP contribution in [0, 0.1) is 6.92 Å². The average molecular weight is 296 g/mol. The molecule has 1 amide bonds. The molecule has 0 unspecified atom stereocenters. The highest BCUT2D eigenvalue weighted by molar-refractivity contribution is 5.95. The molecule has 1 fully saturated rings. The Morgan fingerprint density at radius 1 is 1.09 bits per heavy atom. The Balaban J connectivity index is 1.60. The van der Waals surface area contributed by atoms with E-state index >= 15 is 0 Å². The number of rotatable bonds is 4. The van der Waals surface area contributed by atoms with Crippen molar-refractivity contribution in [1.29, 1.82) is 0 Å². The van der Waals surface area contributed by atoms with Crippen molar-refractivity contribution in [2.24, 2.45) is 0 Å². The van der Waals surface area contributed by atoms with Crippen LogP contribution in [0.5, 0.6) is 11.5 Å². The molecule has 0 aliphatic carbocycles. The maximum atomic E-state index is 12.0. The van der Waals surface area contributed by atoms with Crippen molar-refractivity contribution >= 4 is 11.6 Å². The van der Waals surface area contributed by atoms with Crippen LogP contribution in [0.3, 0.4) is 0 Å². The highest BCUT2D eigenvalue weighted by atomic mass is 16.5. The van der Waals surface area contributed by atoms with Crippen molar-refractivity contribution in [3.05, 3.63) is 54.1 Å². The number of benzene rings is 2. The van der Waals surface area contributed by atoms with Gasteiger partial charge in [0.15, 0.2) is 0 Å². The highest BCUT2D eigenvalue weighted by Crippen LogP contribution is 2.23. The molecule has 1 aliphatic rings. The van der Waals surface area contributed by atoms with Gasteiger partial charge in [-0.25, -0.2) is 0 Å². The van der Waals surface area contributed by atoms with Crippen molar-refractivity contribution in [3.63, 3.8) is 0 Å². The molecule has 22 heavy (non-hydrogen) atoms. The molecular weight excluding hydrogens is 276 g/mol. The molecule has 1 saturated heterocycles. The van der Waals surface area contributed by atoms with E-state index in [1.165, 1.54) is 5.56 Å². The van der Waals surface area contributed by atoms with Crippen LogP contribution in [0.25, 0.3) is 0 Å². The van der Waals surface area contributed by atoms with Crippen LogP contribution >= 0.6 is 0 Å². The van der Waals surface area contributed by atoms with E-state index < -0.39 is 0 Å². The van der Waals surface area contributed by atoms with Gasteiger partial charge in [-0.3, -0.25) is 4.79 Å². The third-order valence-corrected chi connectivity index (χ3v) is 3.76. The number of carbonyl (C=O) groups excluding carboxylic acids is 1. The number of hydrogen-bond acceptors (Lipinski definition) is 3. The van der Waals surface area contributed by atoms with Crippen LogP contribution in [0.15, 0.2) is 48.5 Å². The van der Waals surface area contributed by atoms with Crippen molar-refractivity contribution in [2.45, 2.75) is 25.8 Å². The number of nitrogens with one attached hydrogen (secondary N) is 2. The summed E-state index contributed by atoms with van der Waals surface area (Å²) in [4.78, 5) is 12.0. The zero-order valence-corrected chi connectivity index (χ0v) is 12.6. The molecule has 0 saturated carbocycles. The Morgan fingerprint density at radius 3 is 2.32 bits per heavy atom. The minimum Gasteiger partial charge on any atom is -0.457 e. The van der Waals surface area contributed by atoms with E-state index in [0.29, 0.717) is 0 Å². The summed E-state index contributed by atoms with van der Waals surface area (Å²) in [5.41, 5.74) is 1.99. The summed E-state index contributed by atoms with van der Waals surface area (Å²) >= 11 is 0. The second-order valence-electron chi connectivity index (χ2n) is 5.58. The van der Waals surface area contributed by atoms with Gasteiger partial charge in [-0.2, -0.15) is 0 Å². The van der Waals surface area contributed by atoms with E-state index in [0.717, 1.165) is 36.6 Å². The lowest BCUT2D eigenvalue weighted by Crippen LogP contribution is -2.35. The molecule has 4 nitrogen and oxygen atoms in total. The van der Waals surface area contributed by atoms with Gasteiger partial charge in [0, 0.05) is 5.69 Å². The molecule has 0 spiro atoms. The first-order valence-corrected chi connectivity index (χ1v) is 7.59. The normalized spacial score (nSPS) is 17.2. The number of amides is 1. The summed E-state index contributed by atoms with van der Waals surface area (Å²) in [5.74, 6) is 1.59. The number of hydrogen-bond donors (Lipinski definition) is 2. The molecule has 0 radical (unpaired) electrons. The lowest BCUT2D eigenvalue weighted by atomic mass is 10.2. The van der Waals surface area contributed by atoms with Crippen LogP contribution in [0.4, 0.5) is 5.69 Å². The largest absolute Gasteiger partial charge is 0.457 e. The topological polar surface area (TPSA) is 50.4 Å². The van der Waals surface area contributed by atoms with E-state index in [1.807, 2.05) is 55.5 Å². The van der Waals surface area contributed by atoms with Gasteiger partial charge in [-0.1, -0.05) is 17.7 Å². The molecular formula is C18H20N2O2. The van der Waals surface area contributed by atoms with Gasteiger partial charge < -0.3 is 15.4 Å². The maximum Gasteiger partial charge on any atom is 0.241 e. The number of anilines is 1. The third kappa shape index (κ3) is 3.65. The number of carbonyl (C=O) groups is 1. The van der Waals surface area contributed by atoms with Crippen LogP contribution < -0.4 is 15.4 Å². The smallest absolute Gasteiger partial charge is 0.241 e. The molecule has 4 heteroatoms. The fourth-order valence-corrected chi connectivity index (χ4v) is 2.49. The predicted octanol–water partition coefficient (Wildman–Crippen LogP) is 3.48. The zero-order chi connectivity index (χ0) is 15.4. The molecule has 2 N–H and O–H groups in total. The zero-order valence-electron chi connectivity index (χ0n) is 12.6. The molecule has 114 valence electrons. The summed E-state index contributed by atoms with van der Waals surface area (Å²) in [7, 11) is 0. The fraction of sp³-hybridized carbons (Fsp3) is 0.278. The van der Waals surface area contributed by atoms with Crippen molar-refractivity contribution in [2.75, 3.05) is 11.9 Å². The minimum atomic E-state index is -0.0662. The van der Waals surface area contributed by atoms with Gasteiger partial charge in [0.1, 0.15) is 11.5 Å². The Labute approximate surface area is 130 Å². The second-order valence-corrected chi connectivity index (χ2v) is 5.58. The Bertz CT molecular complexity index is 629. The standard InChI is InChI=1S/C18H20N2O2/c1-13-4-8-15(9-5-13)22-16-10-6-14(7-11-16)20-18(21)17-3-2-12-19-17/h4-11,17,19H,2-3,12H2,1H3,(H,20,21)/t17-/m0/s1. The predicted molar refractivity (Wildman–Crippen MR) is 87.3 cm³/mol. The molecule has 1 heterocycles. The average Bonchev–Trinajstić information content (AvgIpc) is 3.06. The third-order valence-electron chi connectivity index (χ3n) is 3.76. The summed E-state index contributed by atoms with van der Waals surface area (Å²) < 4.78 is 5.77. The summed E-state index contributed by atoms with van der Waals surface area (Å²) in [6.45, 7) is 2.96. The number of ether oxygens (including phenoxy) is 1. The quantitative estimate of drug-likeness (QED) is 0.908. The minimum absolute atomic E-state index is 0.0321. The van der Waals surface area contributed by atoms with Gasteiger partial charge in [0.2, 0.25) is 5.91 Å². The van der Waals surface area contributed by atoms with Crippen LogP contribution in [0.2, 0.25) is 0 Å². The van der Waals surface area contributed by atoms with Gasteiger partial charge in [-0.05, 0) is 62.7 Å². The van der Waals surface area contributed by atoms with E-state index in [1.54, 1.807) is 0 Å². The monoisotopic (exact) mass is 296 g/mol. The van der Waals surface area contributed by atoms with Gasteiger partial charge in [0.05, 0.1) is 6.04 Å². The molecule has 1 atom stereocenters. The molecule has 0 aromatic heterocycles. The van der Waals surface area contributed by atoms with Gasteiger partial charge >= 0.3 is 0 Å². The van der Waals surface area contributed by atoms with E-state index in [4.69, 9.17) is 4.74 Å². The summed E-state index contributed by atoms with van der Waals surface area (Å²) in [5, 5.41) is 6.11. The molecule has 0 bridgehead atoms. The SMILES string of the molecule is Cc1ccc(Oc2ccc(NC(=O)[C@@H]3CCCN3)cc2)cc1. The lowest BCUT2D eigenvalue weighted by molar-refractivity contribution is -0.117. The second kappa shape index (κ2) is 6.62. The summed E-state index contributed by atoms with van der Waals surface area (Å²) in [6, 6.07) is 15.3. The van der Waals surface area contributed by atoms with E-state index in [2.05, 4.69) is 10.6 Å². The first kappa shape index (κ1) is 14.6. The first-order valence-electron chi connectivity index (χ1n) is 7.59. The lowest BCUT2D eigenvalue weighted by Gasteiger charge is -2.12. The van der Waals surface area contributed by atoms with Gasteiger partial charge in [-0.15, -0.1) is 0 Å². The number of aryl methyl sites for hydroxylation is 1. The van der Waals surface area contributed by atoms with Crippen molar-refractivity contribution < 1.29 is 9.53 Å². The van der Waals surface area contributed by atoms with Crippen LogP contribution in [-0.4, -0.2) is 18.5 Å². The maximum absolute atomic E-state index is 12.0. The Hall–Kier alpha value is -2.33. The van der Waals surface area contributed by atoms with E-state index in [-0.39, 0.29) is 11.9 Å². The highest BCUT2D eigenvalue weighted by Gasteiger charge is 2.21. The molecule has 2 aromatic carbocycles. The molecule has 2 aromatic rings. The Kier molecular flexibility index (Phi) is 4.39. The van der Waals surface area contributed by atoms with Crippen molar-refractivity contribution in [1.82, 2.24) is 5.32 Å². The molecule has 3 rings (SSSR count). The first-order chi connectivity index (χ1) is 10.7. The Morgan fingerprint density at radius 2 is 1.73 bits per heavy atom. The fourth-order valence-electron chi connectivity index (χ4n) is 2.49. The summed E-state index contributed by atoms with van der Waals surface area (Å²) in [6.07, 6.45) is 1.96. The molecule has 1 aliphatic heterocycles.